The second-order valence-corrected chi connectivity index (χ2v) is 7.41. The molecule has 1 aromatic carbocycles. The van der Waals surface area contributed by atoms with Crippen molar-refractivity contribution < 1.29 is 18.3 Å². The molecule has 0 spiro atoms. The van der Waals surface area contributed by atoms with Crippen molar-refractivity contribution >= 4 is 9.84 Å². The average molecular weight is 284 g/mol. The van der Waals surface area contributed by atoms with Crippen molar-refractivity contribution in [2.24, 2.45) is 0 Å². The van der Waals surface area contributed by atoms with E-state index in [9.17, 15) is 13.5 Å². The first kappa shape index (κ1) is 14.3. The van der Waals surface area contributed by atoms with E-state index in [4.69, 9.17) is 4.74 Å². The Morgan fingerprint density at radius 1 is 1.37 bits per heavy atom. The zero-order valence-electron chi connectivity index (χ0n) is 11.3. The van der Waals surface area contributed by atoms with Crippen LogP contribution in [0.5, 0.6) is 5.75 Å². The molecule has 1 aromatic rings. The van der Waals surface area contributed by atoms with Gasteiger partial charge in [0.25, 0.3) is 0 Å². The van der Waals surface area contributed by atoms with E-state index in [1.54, 1.807) is 25.3 Å². The molecule has 0 aromatic heterocycles. The Balaban J connectivity index is 2.28. The predicted molar refractivity (Wildman–Crippen MR) is 74.1 cm³/mol. The Labute approximate surface area is 114 Å². The van der Waals surface area contributed by atoms with Gasteiger partial charge in [-0.3, -0.25) is 0 Å². The lowest BCUT2D eigenvalue weighted by Crippen LogP contribution is -2.33. The maximum atomic E-state index is 12.0. The van der Waals surface area contributed by atoms with Gasteiger partial charge in [-0.2, -0.15) is 0 Å². The fourth-order valence-electron chi connectivity index (χ4n) is 2.63. The minimum Gasteiger partial charge on any atom is -0.496 e. The van der Waals surface area contributed by atoms with Gasteiger partial charge < -0.3 is 9.84 Å². The summed E-state index contributed by atoms with van der Waals surface area (Å²) in [6.07, 6.45) is 1.15. The number of benzene rings is 1. The summed E-state index contributed by atoms with van der Waals surface area (Å²) in [5.74, 6) is 0.923. The van der Waals surface area contributed by atoms with Crippen LogP contribution >= 0.6 is 0 Å². The molecule has 0 aliphatic carbocycles. The van der Waals surface area contributed by atoms with Crippen LogP contribution in [0.25, 0.3) is 0 Å². The van der Waals surface area contributed by atoms with E-state index < -0.39 is 21.2 Å². The highest BCUT2D eigenvalue weighted by Crippen LogP contribution is 2.32. The van der Waals surface area contributed by atoms with E-state index in [1.807, 2.05) is 6.92 Å². The van der Waals surface area contributed by atoms with E-state index in [0.29, 0.717) is 18.4 Å². The standard InChI is InChI=1S/C14H20O4S/c1-10-9-11(6-7-12(10)18-2)14(15)13-5-3-4-8-19(13,16)17/h6-7,9,13-15H,3-5,8H2,1-2H3. The monoisotopic (exact) mass is 284 g/mol. The third-order valence-electron chi connectivity index (χ3n) is 3.74. The molecule has 0 amide bonds. The first-order chi connectivity index (χ1) is 8.95. The number of hydrogen-bond donors (Lipinski definition) is 1. The van der Waals surface area contributed by atoms with Gasteiger partial charge in [0.2, 0.25) is 0 Å². The summed E-state index contributed by atoms with van der Waals surface area (Å²) in [4.78, 5) is 0. The predicted octanol–water partition coefficient (Wildman–Crippen LogP) is 2.00. The van der Waals surface area contributed by atoms with Crippen molar-refractivity contribution in [3.8, 4) is 5.75 Å². The minimum atomic E-state index is -3.18. The van der Waals surface area contributed by atoms with Crippen LogP contribution in [-0.2, 0) is 9.84 Å². The van der Waals surface area contributed by atoms with Gasteiger partial charge >= 0.3 is 0 Å². The summed E-state index contributed by atoms with van der Waals surface area (Å²) in [7, 11) is -1.59. The largest absolute Gasteiger partial charge is 0.496 e. The molecule has 1 heterocycles. The van der Waals surface area contributed by atoms with Crippen LogP contribution in [0.3, 0.4) is 0 Å². The number of methoxy groups -OCH3 is 1. The van der Waals surface area contributed by atoms with Gasteiger partial charge in [0.05, 0.1) is 24.2 Å². The lowest BCUT2D eigenvalue weighted by molar-refractivity contribution is 0.164. The Hall–Kier alpha value is -1.07. The van der Waals surface area contributed by atoms with Crippen LogP contribution in [-0.4, -0.2) is 31.6 Å². The molecule has 4 nitrogen and oxygen atoms in total. The third kappa shape index (κ3) is 2.92. The lowest BCUT2D eigenvalue weighted by Gasteiger charge is -2.27. The Morgan fingerprint density at radius 2 is 2.11 bits per heavy atom. The van der Waals surface area contributed by atoms with Gasteiger partial charge in [0.1, 0.15) is 5.75 Å². The number of hydrogen-bond acceptors (Lipinski definition) is 4. The molecule has 2 rings (SSSR count). The highest BCUT2D eigenvalue weighted by Gasteiger charge is 2.35. The van der Waals surface area contributed by atoms with Gasteiger partial charge in [-0.25, -0.2) is 8.42 Å². The highest BCUT2D eigenvalue weighted by atomic mass is 32.2. The van der Waals surface area contributed by atoms with Crippen LogP contribution < -0.4 is 4.74 Å². The van der Waals surface area contributed by atoms with E-state index >= 15 is 0 Å². The number of rotatable bonds is 3. The van der Waals surface area contributed by atoms with Crippen molar-refractivity contribution in [1.29, 1.82) is 0 Å². The number of aryl methyl sites for hydroxylation is 1. The van der Waals surface area contributed by atoms with Gasteiger partial charge in [0.15, 0.2) is 9.84 Å². The molecule has 2 atom stereocenters. The van der Waals surface area contributed by atoms with Crippen molar-refractivity contribution in [2.75, 3.05) is 12.9 Å². The molecule has 106 valence electrons. The minimum absolute atomic E-state index is 0.184. The summed E-state index contributed by atoms with van der Waals surface area (Å²) in [5.41, 5.74) is 1.54. The molecule has 0 saturated carbocycles. The molecule has 19 heavy (non-hydrogen) atoms. The number of aliphatic hydroxyl groups is 1. The maximum absolute atomic E-state index is 12.0. The van der Waals surface area contributed by atoms with E-state index in [1.165, 1.54) is 0 Å². The number of aliphatic hydroxyl groups excluding tert-OH is 1. The molecule has 0 bridgehead atoms. The molecule has 2 unspecified atom stereocenters. The summed E-state index contributed by atoms with van der Waals surface area (Å²) in [6, 6.07) is 5.30. The summed E-state index contributed by atoms with van der Waals surface area (Å²) < 4.78 is 29.2. The average Bonchev–Trinajstić information content (AvgIpc) is 2.37. The molecule has 1 N–H and O–H groups in total. The fourth-order valence-corrected chi connectivity index (χ4v) is 4.62. The van der Waals surface area contributed by atoms with Crippen LogP contribution in [0.15, 0.2) is 18.2 Å². The van der Waals surface area contributed by atoms with Gasteiger partial charge in [-0.1, -0.05) is 12.5 Å². The highest BCUT2D eigenvalue weighted by molar-refractivity contribution is 7.92. The van der Waals surface area contributed by atoms with Crippen molar-refractivity contribution in [1.82, 2.24) is 0 Å². The van der Waals surface area contributed by atoms with Crippen LogP contribution in [0.1, 0.15) is 36.5 Å². The molecule has 1 saturated heterocycles. The molecular weight excluding hydrogens is 264 g/mol. The second-order valence-electron chi connectivity index (χ2n) is 5.08. The van der Waals surface area contributed by atoms with E-state index in [2.05, 4.69) is 0 Å². The van der Waals surface area contributed by atoms with Crippen LogP contribution in [0.2, 0.25) is 0 Å². The first-order valence-corrected chi connectivity index (χ1v) is 8.21. The zero-order chi connectivity index (χ0) is 14.0. The third-order valence-corrected chi connectivity index (χ3v) is 6.02. The van der Waals surface area contributed by atoms with Crippen LogP contribution in [0, 0.1) is 6.92 Å². The van der Waals surface area contributed by atoms with E-state index in [0.717, 1.165) is 17.7 Å². The van der Waals surface area contributed by atoms with Crippen molar-refractivity contribution in [3.05, 3.63) is 29.3 Å². The zero-order valence-corrected chi connectivity index (χ0v) is 12.1. The SMILES string of the molecule is COc1ccc(C(O)C2CCCCS2(=O)=O)cc1C. The maximum Gasteiger partial charge on any atom is 0.156 e. The Kier molecular flexibility index (Phi) is 4.16. The molecule has 5 heteroatoms. The normalized spacial score (nSPS) is 23.8. The second kappa shape index (κ2) is 5.51. The molecule has 0 radical (unpaired) electrons. The molecule has 1 fully saturated rings. The van der Waals surface area contributed by atoms with Crippen LogP contribution in [0.4, 0.5) is 0 Å². The van der Waals surface area contributed by atoms with Gasteiger partial charge in [-0.15, -0.1) is 0 Å². The summed E-state index contributed by atoms with van der Waals surface area (Å²) in [5, 5.41) is 9.68. The van der Waals surface area contributed by atoms with Crippen molar-refractivity contribution in [2.45, 2.75) is 37.5 Å². The molecular formula is C14H20O4S. The Morgan fingerprint density at radius 3 is 2.68 bits per heavy atom. The quantitative estimate of drug-likeness (QED) is 0.922. The topological polar surface area (TPSA) is 63.6 Å². The first-order valence-electron chi connectivity index (χ1n) is 6.50. The Bertz CT molecular complexity index is 551. The summed E-state index contributed by atoms with van der Waals surface area (Å²) >= 11 is 0. The van der Waals surface area contributed by atoms with Gasteiger partial charge in [0, 0.05) is 0 Å². The molecule has 1 aliphatic rings. The number of ether oxygens (including phenoxy) is 1. The van der Waals surface area contributed by atoms with Crippen molar-refractivity contribution in [3.63, 3.8) is 0 Å². The smallest absolute Gasteiger partial charge is 0.156 e. The summed E-state index contributed by atoms with van der Waals surface area (Å²) in [6.45, 7) is 1.88. The number of sulfone groups is 1. The van der Waals surface area contributed by atoms with E-state index in [-0.39, 0.29) is 5.75 Å². The lowest BCUT2D eigenvalue weighted by atomic mass is 10.0. The molecule has 1 aliphatic heterocycles. The fraction of sp³-hybridized carbons (Fsp3) is 0.571. The van der Waals surface area contributed by atoms with Gasteiger partial charge in [-0.05, 0) is 43.0 Å².